The minimum absolute atomic E-state index is 0.0276. The quantitative estimate of drug-likeness (QED) is 0.0379. The molecule has 1 aliphatic carbocycles. The fourth-order valence-electron chi connectivity index (χ4n) is 9.35. The third-order valence-electron chi connectivity index (χ3n) is 12.1. The summed E-state index contributed by atoms with van der Waals surface area (Å²) in [5.41, 5.74) is 3.28. The van der Waals surface area contributed by atoms with Crippen LogP contribution in [0.4, 0.5) is 0 Å². The van der Waals surface area contributed by atoms with E-state index in [0.717, 1.165) is 37.9 Å². The molecule has 0 bridgehead atoms. The summed E-state index contributed by atoms with van der Waals surface area (Å²) in [4.78, 5) is 40.6. The van der Waals surface area contributed by atoms with Gasteiger partial charge in [0.05, 0.1) is 31.2 Å². The van der Waals surface area contributed by atoms with Crippen LogP contribution in [0.3, 0.4) is 0 Å². The number of allylic oxidation sites excluding steroid dienone is 1. The summed E-state index contributed by atoms with van der Waals surface area (Å²) in [7, 11) is -3.06. The Kier molecular flexibility index (Phi) is 13.5. The van der Waals surface area contributed by atoms with Crippen LogP contribution in [0.1, 0.15) is 78.2 Å². The molecule has 2 amide bonds. The van der Waals surface area contributed by atoms with Crippen molar-refractivity contribution in [3.8, 4) is 5.75 Å². The van der Waals surface area contributed by atoms with E-state index < -0.39 is 44.8 Å². The van der Waals surface area contributed by atoms with E-state index in [2.05, 4.69) is 51.1 Å². The molecule has 1 fully saturated rings. The van der Waals surface area contributed by atoms with E-state index in [-0.39, 0.29) is 48.6 Å². The molecule has 2 aliphatic rings. The summed E-state index contributed by atoms with van der Waals surface area (Å²) >= 11 is 0. The standard InChI is InChI=1S/C48H57NO8Si/c1-32(28-33-24-26-41(51)38-21-14-13-20-37(33)38)23-25-42(52)44-34(29-39-45(40(44)30-50)47(56)49(46(39)55)27-15-7-12-22-43(53)54)31-57-58(48(2,3)4,35-16-8-5-9-17-35)36-18-10-6-11-19-36/h5-6,8-11,13-14,16-21,24,26,28,39-40,42,45,50-52H,7,12,15,22-23,25,27,29-31H2,1-4H3,(H,53,54)/b32-28+/t39-,40+,42-,45-/m1/s1. The van der Waals surface area contributed by atoms with Crippen LogP contribution in [0.5, 0.6) is 5.75 Å². The Hall–Kier alpha value is -4.87. The molecule has 9 nitrogen and oxygen atoms in total. The van der Waals surface area contributed by atoms with Gasteiger partial charge in [0.2, 0.25) is 11.8 Å². The molecule has 10 heteroatoms. The second-order valence-electron chi connectivity index (χ2n) is 16.9. The van der Waals surface area contributed by atoms with Gasteiger partial charge in [-0.05, 0) is 82.6 Å². The highest BCUT2D eigenvalue weighted by molar-refractivity contribution is 6.99. The number of aliphatic carboxylic acids is 1. The fraction of sp³-hybridized carbons (Fsp3) is 0.396. The molecular weight excluding hydrogens is 747 g/mol. The minimum atomic E-state index is -3.06. The molecule has 4 aromatic carbocycles. The highest BCUT2D eigenvalue weighted by Gasteiger charge is 2.56. The molecule has 1 heterocycles. The predicted molar refractivity (Wildman–Crippen MR) is 230 cm³/mol. The third kappa shape index (κ3) is 8.76. The predicted octanol–water partition coefficient (Wildman–Crippen LogP) is 7.22. The largest absolute Gasteiger partial charge is 0.507 e. The van der Waals surface area contributed by atoms with Crippen LogP contribution < -0.4 is 10.4 Å². The summed E-state index contributed by atoms with van der Waals surface area (Å²) in [6.07, 6.45) is 3.63. The van der Waals surface area contributed by atoms with Crippen LogP contribution in [0.2, 0.25) is 5.04 Å². The molecule has 0 spiro atoms. The summed E-state index contributed by atoms with van der Waals surface area (Å²) in [6.45, 7) is 8.46. The van der Waals surface area contributed by atoms with Crippen LogP contribution >= 0.6 is 0 Å². The number of nitrogens with zero attached hydrogens (tertiary/aromatic N) is 1. The number of carbonyl (C=O) groups is 3. The number of unbranched alkanes of at least 4 members (excludes halogenated alkanes) is 2. The van der Waals surface area contributed by atoms with Gasteiger partial charge in [0.15, 0.2) is 0 Å². The molecule has 4 N–H and O–H groups in total. The number of amides is 2. The number of hydrogen-bond acceptors (Lipinski definition) is 7. The smallest absolute Gasteiger partial charge is 0.303 e. The third-order valence-corrected chi connectivity index (χ3v) is 17.1. The van der Waals surface area contributed by atoms with Crippen molar-refractivity contribution in [1.29, 1.82) is 0 Å². The molecule has 58 heavy (non-hydrogen) atoms. The summed E-state index contributed by atoms with van der Waals surface area (Å²) in [5, 5.41) is 46.4. The summed E-state index contributed by atoms with van der Waals surface area (Å²) in [5.74, 6) is -3.62. The lowest BCUT2D eigenvalue weighted by atomic mass is 9.68. The number of hydrogen-bond donors (Lipinski definition) is 4. The Bertz CT molecular complexity index is 2120. The number of phenols is 1. The maximum absolute atomic E-state index is 14.1. The van der Waals surface area contributed by atoms with Crippen LogP contribution in [-0.4, -0.2) is 77.3 Å². The maximum atomic E-state index is 14.1. The number of phenolic OH excluding ortho intramolecular Hbond substituents is 1. The lowest BCUT2D eigenvalue weighted by molar-refractivity contribution is -0.141. The van der Waals surface area contributed by atoms with Gasteiger partial charge in [0, 0.05) is 24.3 Å². The molecule has 0 saturated carbocycles. The van der Waals surface area contributed by atoms with E-state index in [9.17, 15) is 29.7 Å². The average Bonchev–Trinajstić information content (AvgIpc) is 3.45. The van der Waals surface area contributed by atoms with Gasteiger partial charge < -0.3 is 24.9 Å². The lowest BCUT2D eigenvalue weighted by Gasteiger charge is -2.44. The number of benzene rings is 4. The molecule has 0 unspecified atom stereocenters. The second kappa shape index (κ2) is 18.4. The van der Waals surface area contributed by atoms with E-state index in [1.807, 2.05) is 73.7 Å². The first-order valence-electron chi connectivity index (χ1n) is 20.5. The molecule has 4 aromatic rings. The molecule has 6 rings (SSSR count). The number of likely N-dealkylation sites (tertiary alicyclic amines) is 1. The first-order valence-corrected chi connectivity index (χ1v) is 22.4. The molecule has 1 aliphatic heterocycles. The lowest BCUT2D eigenvalue weighted by Crippen LogP contribution is -2.66. The number of aliphatic hydroxyl groups excluding tert-OH is 2. The van der Waals surface area contributed by atoms with Gasteiger partial charge in [-0.2, -0.15) is 0 Å². The Morgan fingerprint density at radius 3 is 2.09 bits per heavy atom. The van der Waals surface area contributed by atoms with Crippen LogP contribution in [0.15, 0.2) is 114 Å². The van der Waals surface area contributed by atoms with Gasteiger partial charge in [-0.25, -0.2) is 0 Å². The van der Waals surface area contributed by atoms with E-state index in [0.29, 0.717) is 37.7 Å². The average molecular weight is 804 g/mol. The minimum Gasteiger partial charge on any atom is -0.507 e. The highest BCUT2D eigenvalue weighted by Crippen LogP contribution is 2.47. The van der Waals surface area contributed by atoms with E-state index in [1.54, 1.807) is 6.07 Å². The number of carboxylic acid groups (broad SMARTS) is 1. The van der Waals surface area contributed by atoms with Crippen molar-refractivity contribution in [3.63, 3.8) is 0 Å². The van der Waals surface area contributed by atoms with E-state index in [4.69, 9.17) is 9.53 Å². The molecule has 306 valence electrons. The van der Waals surface area contributed by atoms with Gasteiger partial charge >= 0.3 is 5.97 Å². The highest BCUT2D eigenvalue weighted by atomic mass is 28.4. The van der Waals surface area contributed by atoms with Crippen molar-refractivity contribution in [3.05, 3.63) is 119 Å². The number of carboxylic acids is 1. The zero-order valence-corrected chi connectivity index (χ0v) is 35.1. The van der Waals surface area contributed by atoms with Crippen molar-refractivity contribution in [2.24, 2.45) is 17.8 Å². The van der Waals surface area contributed by atoms with Crippen molar-refractivity contribution in [2.75, 3.05) is 19.8 Å². The van der Waals surface area contributed by atoms with Gasteiger partial charge in [-0.15, -0.1) is 0 Å². The number of carbonyl (C=O) groups excluding carboxylic acids is 2. The Balaban J connectivity index is 1.36. The second-order valence-corrected chi connectivity index (χ2v) is 21.2. The number of aliphatic hydroxyl groups is 2. The molecular formula is C48H57NO8Si. The fourth-order valence-corrected chi connectivity index (χ4v) is 13.9. The zero-order chi connectivity index (χ0) is 41.6. The number of imide groups is 1. The summed E-state index contributed by atoms with van der Waals surface area (Å²) < 4.78 is 7.38. The van der Waals surface area contributed by atoms with Crippen molar-refractivity contribution in [1.82, 2.24) is 4.90 Å². The zero-order valence-electron chi connectivity index (χ0n) is 34.1. The van der Waals surface area contributed by atoms with Crippen LogP contribution in [0.25, 0.3) is 16.8 Å². The number of rotatable bonds is 17. The molecule has 4 atom stereocenters. The van der Waals surface area contributed by atoms with Crippen LogP contribution in [0, 0.1) is 17.8 Å². The van der Waals surface area contributed by atoms with E-state index >= 15 is 0 Å². The van der Waals surface area contributed by atoms with Crippen LogP contribution in [-0.2, 0) is 18.8 Å². The molecule has 0 radical (unpaired) electrons. The Morgan fingerprint density at radius 1 is 0.862 bits per heavy atom. The topological polar surface area (TPSA) is 145 Å². The normalized spacial score (nSPS) is 19.5. The first kappa shape index (κ1) is 42.7. The van der Waals surface area contributed by atoms with Crippen molar-refractivity contribution in [2.45, 2.75) is 83.8 Å². The Morgan fingerprint density at radius 2 is 1.48 bits per heavy atom. The maximum Gasteiger partial charge on any atom is 0.303 e. The van der Waals surface area contributed by atoms with E-state index in [1.165, 1.54) is 4.90 Å². The summed E-state index contributed by atoms with van der Waals surface area (Å²) in [6, 6.07) is 31.7. The van der Waals surface area contributed by atoms with Crippen molar-refractivity contribution < 1.29 is 39.2 Å². The van der Waals surface area contributed by atoms with Crippen molar-refractivity contribution >= 4 is 53.3 Å². The molecule has 1 saturated heterocycles. The number of fused-ring (bicyclic) bond motifs is 2. The monoisotopic (exact) mass is 803 g/mol. The van der Waals surface area contributed by atoms with Gasteiger partial charge in [0.1, 0.15) is 5.75 Å². The first-order chi connectivity index (χ1) is 27.8. The molecule has 0 aromatic heterocycles. The van der Waals surface area contributed by atoms with Gasteiger partial charge in [0.25, 0.3) is 8.32 Å². The number of aromatic hydroxyl groups is 1. The SMILES string of the molecule is C/C(=C\c1ccc(O)c2ccccc12)CC[C@@H](O)C1=C(CO[Si](c2ccccc2)(c2ccccc2)C(C)(C)C)C[C@H]2C(=O)N(CCCCCC(=O)O)C(=O)[C@H]2[C@H]1CO. The van der Waals surface area contributed by atoms with Gasteiger partial charge in [-0.1, -0.05) is 130 Å². The van der Waals surface area contributed by atoms with Gasteiger partial charge in [-0.3, -0.25) is 19.3 Å². The Labute approximate surface area is 342 Å².